The van der Waals surface area contributed by atoms with E-state index >= 15 is 0 Å². The fraction of sp³-hybridized carbons (Fsp3) is 0.571. The van der Waals surface area contributed by atoms with E-state index in [9.17, 15) is 5.11 Å². The molecule has 0 radical (unpaired) electrons. The summed E-state index contributed by atoms with van der Waals surface area (Å²) in [4.78, 5) is 0. The Hall–Kier alpha value is -0.770. The highest BCUT2D eigenvalue weighted by atomic mass is 35.5. The van der Waals surface area contributed by atoms with Crippen molar-refractivity contribution in [3.63, 3.8) is 0 Å². The van der Waals surface area contributed by atoms with Crippen molar-refractivity contribution in [3.05, 3.63) is 28.8 Å². The molecule has 1 saturated heterocycles. The van der Waals surface area contributed by atoms with Crippen LogP contribution in [0, 0.1) is 5.92 Å². The molecule has 1 atom stereocenters. The Morgan fingerprint density at radius 2 is 2.17 bits per heavy atom. The normalized spacial score (nSPS) is 18.6. The molecule has 0 spiro atoms. The second kappa shape index (κ2) is 6.41. The lowest BCUT2D eigenvalue weighted by Gasteiger charge is -2.27. The Balaban J connectivity index is 1.97. The van der Waals surface area contributed by atoms with Crippen LogP contribution < -0.4 is 10.1 Å². The zero-order valence-corrected chi connectivity index (χ0v) is 11.4. The first-order valence-corrected chi connectivity index (χ1v) is 6.79. The molecule has 0 saturated carbocycles. The number of ether oxygens (including phenoxy) is 1. The topological polar surface area (TPSA) is 41.5 Å². The van der Waals surface area contributed by atoms with Crippen molar-refractivity contribution in [2.45, 2.75) is 25.4 Å². The third kappa shape index (κ3) is 3.37. The summed E-state index contributed by atoms with van der Waals surface area (Å²) in [5.74, 6) is 1.07. The van der Waals surface area contributed by atoms with Gasteiger partial charge in [-0.25, -0.2) is 0 Å². The van der Waals surface area contributed by atoms with Crippen LogP contribution in [0.2, 0.25) is 5.02 Å². The molecule has 4 heteroatoms. The summed E-state index contributed by atoms with van der Waals surface area (Å²) >= 11 is 6.08. The molecule has 2 rings (SSSR count). The Morgan fingerprint density at radius 3 is 2.78 bits per heavy atom. The van der Waals surface area contributed by atoms with Gasteiger partial charge in [-0.3, -0.25) is 0 Å². The Morgan fingerprint density at radius 1 is 1.44 bits per heavy atom. The number of hydrogen-bond acceptors (Lipinski definition) is 3. The van der Waals surface area contributed by atoms with Crippen LogP contribution in [0.5, 0.6) is 5.75 Å². The molecular weight excluding hydrogens is 250 g/mol. The van der Waals surface area contributed by atoms with E-state index in [1.54, 1.807) is 7.11 Å². The number of benzene rings is 1. The summed E-state index contributed by atoms with van der Waals surface area (Å²) in [6.45, 7) is 2.01. The summed E-state index contributed by atoms with van der Waals surface area (Å²) in [7, 11) is 1.60. The predicted molar refractivity (Wildman–Crippen MR) is 73.3 cm³/mol. The SMILES string of the molecule is COc1ccc(CC(O)C2CCNCC2)cc1Cl. The Bertz CT molecular complexity index is 391. The largest absolute Gasteiger partial charge is 0.495 e. The van der Waals surface area contributed by atoms with Crippen LogP contribution in [0.1, 0.15) is 18.4 Å². The first kappa shape index (κ1) is 13.7. The van der Waals surface area contributed by atoms with Gasteiger partial charge in [0, 0.05) is 0 Å². The quantitative estimate of drug-likeness (QED) is 0.881. The van der Waals surface area contributed by atoms with Crippen LogP contribution >= 0.6 is 11.6 Å². The minimum atomic E-state index is -0.281. The zero-order valence-electron chi connectivity index (χ0n) is 10.7. The number of aliphatic hydroxyl groups is 1. The van der Waals surface area contributed by atoms with Crippen LogP contribution in [-0.4, -0.2) is 31.4 Å². The number of halogens is 1. The standard InChI is InChI=1S/C14H20ClNO2/c1-18-14-3-2-10(8-12(14)15)9-13(17)11-4-6-16-7-5-11/h2-3,8,11,13,16-17H,4-7,9H2,1H3. The lowest BCUT2D eigenvalue weighted by Crippen LogP contribution is -2.34. The summed E-state index contributed by atoms with van der Waals surface area (Å²) in [5.41, 5.74) is 1.06. The number of rotatable bonds is 4. The smallest absolute Gasteiger partial charge is 0.137 e. The van der Waals surface area contributed by atoms with Gasteiger partial charge < -0.3 is 15.2 Å². The highest BCUT2D eigenvalue weighted by molar-refractivity contribution is 6.32. The average Bonchev–Trinajstić information content (AvgIpc) is 2.40. The average molecular weight is 270 g/mol. The van der Waals surface area contributed by atoms with E-state index in [0.717, 1.165) is 31.5 Å². The molecule has 1 aromatic rings. The Labute approximate surface area is 113 Å². The first-order valence-electron chi connectivity index (χ1n) is 6.42. The molecule has 0 aliphatic carbocycles. The van der Waals surface area contributed by atoms with Crippen LogP contribution in [0.15, 0.2) is 18.2 Å². The van der Waals surface area contributed by atoms with Crippen LogP contribution in [-0.2, 0) is 6.42 Å². The highest BCUT2D eigenvalue weighted by Gasteiger charge is 2.21. The molecule has 0 bridgehead atoms. The van der Waals surface area contributed by atoms with Gasteiger partial charge in [-0.2, -0.15) is 0 Å². The van der Waals surface area contributed by atoms with Crippen LogP contribution in [0.25, 0.3) is 0 Å². The van der Waals surface area contributed by atoms with Crippen molar-refractivity contribution in [3.8, 4) is 5.75 Å². The monoisotopic (exact) mass is 269 g/mol. The van der Waals surface area contributed by atoms with Gasteiger partial charge in [0.25, 0.3) is 0 Å². The number of methoxy groups -OCH3 is 1. The number of piperidine rings is 1. The van der Waals surface area contributed by atoms with Crippen molar-refractivity contribution in [1.29, 1.82) is 0 Å². The number of aliphatic hydroxyl groups excluding tert-OH is 1. The third-order valence-electron chi connectivity index (χ3n) is 3.59. The molecule has 0 amide bonds. The molecular formula is C14H20ClNO2. The van der Waals surface area contributed by atoms with Crippen molar-refractivity contribution in [2.24, 2.45) is 5.92 Å². The van der Waals surface area contributed by atoms with Gasteiger partial charge in [0.2, 0.25) is 0 Å². The summed E-state index contributed by atoms with van der Waals surface area (Å²) in [5, 5.41) is 14.2. The highest BCUT2D eigenvalue weighted by Crippen LogP contribution is 2.27. The fourth-order valence-corrected chi connectivity index (χ4v) is 2.75. The predicted octanol–water partition coefficient (Wildman–Crippen LogP) is 2.25. The summed E-state index contributed by atoms with van der Waals surface area (Å²) < 4.78 is 5.12. The number of hydrogen-bond donors (Lipinski definition) is 2. The van der Waals surface area contributed by atoms with Crippen molar-refractivity contribution < 1.29 is 9.84 Å². The molecule has 3 nitrogen and oxygen atoms in total. The summed E-state index contributed by atoms with van der Waals surface area (Å²) in [6.07, 6.45) is 2.47. The molecule has 18 heavy (non-hydrogen) atoms. The summed E-state index contributed by atoms with van der Waals surface area (Å²) in [6, 6.07) is 5.70. The second-order valence-electron chi connectivity index (χ2n) is 4.83. The van der Waals surface area contributed by atoms with Crippen LogP contribution in [0.4, 0.5) is 0 Å². The molecule has 2 N–H and O–H groups in total. The van der Waals surface area contributed by atoms with Gasteiger partial charge in [0.1, 0.15) is 5.75 Å². The van der Waals surface area contributed by atoms with Crippen molar-refractivity contribution >= 4 is 11.6 Å². The maximum atomic E-state index is 10.2. The lowest BCUT2D eigenvalue weighted by atomic mass is 9.88. The second-order valence-corrected chi connectivity index (χ2v) is 5.24. The maximum absolute atomic E-state index is 10.2. The fourth-order valence-electron chi connectivity index (χ4n) is 2.47. The van der Waals surface area contributed by atoms with Crippen molar-refractivity contribution in [1.82, 2.24) is 5.32 Å². The van der Waals surface area contributed by atoms with Gasteiger partial charge in [0.05, 0.1) is 18.2 Å². The number of nitrogens with one attached hydrogen (secondary N) is 1. The van der Waals surface area contributed by atoms with Gasteiger partial charge in [-0.05, 0) is 56.0 Å². The third-order valence-corrected chi connectivity index (χ3v) is 3.88. The first-order chi connectivity index (χ1) is 8.70. The van der Waals surface area contributed by atoms with E-state index < -0.39 is 0 Å². The molecule has 1 aromatic carbocycles. The molecule has 1 unspecified atom stereocenters. The molecule has 1 fully saturated rings. The van der Waals surface area contributed by atoms with Gasteiger partial charge in [-0.15, -0.1) is 0 Å². The molecule has 0 aromatic heterocycles. The van der Waals surface area contributed by atoms with Crippen molar-refractivity contribution in [2.75, 3.05) is 20.2 Å². The van der Waals surface area contributed by atoms with E-state index in [0.29, 0.717) is 23.1 Å². The van der Waals surface area contributed by atoms with E-state index in [2.05, 4.69) is 5.32 Å². The zero-order chi connectivity index (χ0) is 13.0. The lowest BCUT2D eigenvalue weighted by molar-refractivity contribution is 0.0890. The Kier molecular flexibility index (Phi) is 4.87. The van der Waals surface area contributed by atoms with E-state index in [-0.39, 0.29) is 6.10 Å². The molecule has 1 heterocycles. The minimum absolute atomic E-state index is 0.281. The molecule has 1 aliphatic heterocycles. The molecule has 1 aliphatic rings. The van der Waals surface area contributed by atoms with Gasteiger partial charge in [0.15, 0.2) is 0 Å². The van der Waals surface area contributed by atoms with Gasteiger partial charge in [-0.1, -0.05) is 17.7 Å². The van der Waals surface area contributed by atoms with E-state index in [1.807, 2.05) is 18.2 Å². The van der Waals surface area contributed by atoms with E-state index in [4.69, 9.17) is 16.3 Å². The van der Waals surface area contributed by atoms with Gasteiger partial charge >= 0.3 is 0 Å². The van der Waals surface area contributed by atoms with E-state index in [1.165, 1.54) is 0 Å². The molecule has 100 valence electrons. The van der Waals surface area contributed by atoms with Crippen LogP contribution in [0.3, 0.4) is 0 Å². The minimum Gasteiger partial charge on any atom is -0.495 e. The maximum Gasteiger partial charge on any atom is 0.137 e.